The summed E-state index contributed by atoms with van der Waals surface area (Å²) in [6.45, 7) is 2.22. The van der Waals surface area contributed by atoms with E-state index < -0.39 is 0 Å². The number of piperidine rings is 1. The third kappa shape index (κ3) is 2.58. The third-order valence-corrected chi connectivity index (χ3v) is 6.76. The number of carbonyl (C=O) groups is 2. The van der Waals surface area contributed by atoms with Crippen LogP contribution in [0.2, 0.25) is 0 Å². The van der Waals surface area contributed by atoms with Gasteiger partial charge in [-0.05, 0) is 52.1 Å². The molecule has 0 aromatic heterocycles. The highest BCUT2D eigenvalue weighted by atomic mass is 16.2. The molecule has 4 heterocycles. The second kappa shape index (κ2) is 6.41. The quantitative estimate of drug-likeness (QED) is 0.722. The van der Waals surface area contributed by atoms with Crippen molar-refractivity contribution in [1.82, 2.24) is 15.1 Å². The zero-order valence-electron chi connectivity index (χ0n) is 16.9. The van der Waals surface area contributed by atoms with Gasteiger partial charge < -0.3 is 15.1 Å². The number of amides is 2. The van der Waals surface area contributed by atoms with E-state index in [0.29, 0.717) is 18.6 Å². The highest BCUT2D eigenvalue weighted by Gasteiger charge is 2.38. The molecule has 2 amide bonds. The summed E-state index contributed by atoms with van der Waals surface area (Å²) in [5.41, 5.74) is 4.79. The van der Waals surface area contributed by atoms with E-state index in [2.05, 4.69) is 23.5 Å². The zero-order chi connectivity index (χ0) is 20.4. The fourth-order valence-corrected chi connectivity index (χ4v) is 5.23. The van der Waals surface area contributed by atoms with Crippen molar-refractivity contribution in [2.75, 3.05) is 20.1 Å². The van der Waals surface area contributed by atoms with Gasteiger partial charge in [-0.15, -0.1) is 0 Å². The van der Waals surface area contributed by atoms with Crippen molar-refractivity contribution in [3.8, 4) is 11.1 Å². The highest BCUT2D eigenvalue weighted by Crippen LogP contribution is 2.34. The van der Waals surface area contributed by atoms with E-state index >= 15 is 0 Å². The lowest BCUT2D eigenvalue weighted by Gasteiger charge is -2.48. The lowest BCUT2D eigenvalue weighted by atomic mass is 9.90. The Morgan fingerprint density at radius 1 is 0.967 bits per heavy atom. The van der Waals surface area contributed by atoms with Gasteiger partial charge in [0.25, 0.3) is 11.8 Å². The van der Waals surface area contributed by atoms with Crippen LogP contribution in [0.15, 0.2) is 54.6 Å². The summed E-state index contributed by atoms with van der Waals surface area (Å²) in [5.74, 6) is 0.201. The molecule has 1 N–H and O–H groups in total. The molecule has 2 bridgehead atoms. The number of carbonyl (C=O) groups excluding carboxylic acids is 2. The zero-order valence-corrected chi connectivity index (χ0v) is 16.9. The first-order chi connectivity index (χ1) is 14.6. The molecule has 7 rings (SSSR count). The molecule has 30 heavy (non-hydrogen) atoms. The Kier molecular flexibility index (Phi) is 3.77. The maximum atomic E-state index is 13.3. The fraction of sp³-hybridized carbons (Fsp3) is 0.280. The summed E-state index contributed by atoms with van der Waals surface area (Å²) in [4.78, 5) is 29.3. The lowest BCUT2D eigenvalue weighted by molar-refractivity contribution is 0.0475. The molecule has 5 heteroatoms. The number of benzene rings is 3. The van der Waals surface area contributed by atoms with Crippen LogP contribution in [0.5, 0.6) is 0 Å². The second-order valence-corrected chi connectivity index (χ2v) is 8.75. The number of hydrogen-bond donors (Lipinski definition) is 1. The molecule has 3 fully saturated rings. The predicted molar refractivity (Wildman–Crippen MR) is 116 cm³/mol. The van der Waals surface area contributed by atoms with Gasteiger partial charge in [0.1, 0.15) is 0 Å². The molecular formula is C25H23N3O2. The maximum absolute atomic E-state index is 13.3. The Balaban J connectivity index is 1.42. The van der Waals surface area contributed by atoms with Gasteiger partial charge in [0.05, 0.1) is 0 Å². The molecule has 0 spiro atoms. The lowest BCUT2D eigenvalue weighted by Crippen LogP contribution is -2.67. The standard InChI is InChI=1S/C25H23N3O2/c1-27-12-16-10-15(8-9-20(16)24(27)29)19-4-2-6-22-21(19)5-3-7-23(22)25(30)28-13-17-11-18(14-28)26-17/h2-10,17-18,26H,11-14H2,1H3. The Morgan fingerprint density at radius 3 is 2.50 bits per heavy atom. The van der Waals surface area contributed by atoms with Crippen molar-refractivity contribution < 1.29 is 9.59 Å². The van der Waals surface area contributed by atoms with Gasteiger partial charge in [-0.2, -0.15) is 0 Å². The largest absolute Gasteiger partial charge is 0.337 e. The first-order valence-corrected chi connectivity index (χ1v) is 10.5. The van der Waals surface area contributed by atoms with E-state index in [-0.39, 0.29) is 11.8 Å². The molecule has 3 saturated heterocycles. The van der Waals surface area contributed by atoms with Gasteiger partial charge in [-0.3, -0.25) is 9.59 Å². The Morgan fingerprint density at radius 2 is 1.70 bits per heavy atom. The van der Waals surface area contributed by atoms with E-state index in [1.165, 1.54) is 6.42 Å². The van der Waals surface area contributed by atoms with Crippen molar-refractivity contribution in [2.45, 2.75) is 25.0 Å². The normalized spacial score (nSPS) is 22.2. The third-order valence-electron chi connectivity index (χ3n) is 6.76. The van der Waals surface area contributed by atoms with Crippen molar-refractivity contribution >= 4 is 22.6 Å². The summed E-state index contributed by atoms with van der Waals surface area (Å²) in [7, 11) is 1.83. The van der Waals surface area contributed by atoms with E-state index in [1.54, 1.807) is 4.90 Å². The van der Waals surface area contributed by atoms with Gasteiger partial charge in [0.15, 0.2) is 0 Å². The van der Waals surface area contributed by atoms with Gasteiger partial charge >= 0.3 is 0 Å². The average Bonchev–Trinajstić information content (AvgIpc) is 3.05. The molecule has 4 aliphatic heterocycles. The molecule has 0 aliphatic carbocycles. The molecule has 3 aromatic rings. The van der Waals surface area contributed by atoms with Crippen LogP contribution in [0, 0.1) is 0 Å². The minimum Gasteiger partial charge on any atom is -0.337 e. The number of piperazine rings is 1. The van der Waals surface area contributed by atoms with E-state index in [4.69, 9.17) is 0 Å². The van der Waals surface area contributed by atoms with Crippen molar-refractivity contribution in [1.29, 1.82) is 0 Å². The molecular weight excluding hydrogens is 374 g/mol. The summed E-state index contributed by atoms with van der Waals surface area (Å²) in [5, 5.41) is 5.55. The number of fused-ring (bicyclic) bond motifs is 4. The van der Waals surface area contributed by atoms with E-state index in [1.807, 2.05) is 48.3 Å². The van der Waals surface area contributed by atoms with Gasteiger partial charge in [0, 0.05) is 49.9 Å². The Hall–Kier alpha value is -3.18. The van der Waals surface area contributed by atoms with Crippen molar-refractivity contribution in [2.24, 2.45) is 0 Å². The highest BCUT2D eigenvalue weighted by molar-refractivity contribution is 6.10. The van der Waals surface area contributed by atoms with Crippen molar-refractivity contribution in [3.63, 3.8) is 0 Å². The summed E-state index contributed by atoms with van der Waals surface area (Å²) < 4.78 is 0. The maximum Gasteiger partial charge on any atom is 0.254 e. The van der Waals surface area contributed by atoms with Crippen LogP contribution in [-0.4, -0.2) is 53.8 Å². The molecule has 2 unspecified atom stereocenters. The molecule has 4 aliphatic rings. The van der Waals surface area contributed by atoms with Crippen LogP contribution in [0.4, 0.5) is 0 Å². The van der Waals surface area contributed by atoms with Crippen LogP contribution < -0.4 is 5.32 Å². The monoisotopic (exact) mass is 397 g/mol. The summed E-state index contributed by atoms with van der Waals surface area (Å²) in [6, 6.07) is 19.1. The van der Waals surface area contributed by atoms with Gasteiger partial charge in [0.2, 0.25) is 0 Å². The minimum atomic E-state index is 0.0800. The summed E-state index contributed by atoms with van der Waals surface area (Å²) >= 11 is 0. The van der Waals surface area contributed by atoms with Gasteiger partial charge in [-0.25, -0.2) is 0 Å². The van der Waals surface area contributed by atoms with Crippen molar-refractivity contribution in [3.05, 3.63) is 71.3 Å². The molecule has 3 aromatic carbocycles. The SMILES string of the molecule is CN1Cc2cc(-c3cccc4c(C(=O)N5CC6CC(C5)N6)cccc34)ccc2C1=O. The van der Waals surface area contributed by atoms with E-state index in [9.17, 15) is 9.59 Å². The molecule has 2 atom stereocenters. The number of nitrogens with one attached hydrogen (secondary N) is 1. The fourth-order valence-electron chi connectivity index (χ4n) is 5.23. The first-order valence-electron chi connectivity index (χ1n) is 10.5. The topological polar surface area (TPSA) is 52.7 Å². The van der Waals surface area contributed by atoms with Crippen LogP contribution in [0.1, 0.15) is 32.7 Å². The Bertz CT molecular complexity index is 1200. The Labute approximate surface area is 175 Å². The number of rotatable bonds is 2. The minimum absolute atomic E-state index is 0.0800. The number of nitrogens with zero attached hydrogens (tertiary/aromatic N) is 2. The molecule has 0 saturated carbocycles. The van der Waals surface area contributed by atoms with Crippen LogP contribution in [0.3, 0.4) is 0 Å². The average molecular weight is 397 g/mol. The molecule has 5 nitrogen and oxygen atoms in total. The second-order valence-electron chi connectivity index (χ2n) is 8.75. The molecule has 0 radical (unpaired) electrons. The smallest absolute Gasteiger partial charge is 0.254 e. The van der Waals surface area contributed by atoms with Gasteiger partial charge in [-0.1, -0.05) is 36.4 Å². The predicted octanol–water partition coefficient (Wildman–Crippen LogP) is 3.28. The summed E-state index contributed by atoms with van der Waals surface area (Å²) in [6.07, 6.45) is 1.18. The van der Waals surface area contributed by atoms with Crippen LogP contribution in [0.25, 0.3) is 21.9 Å². The molecule has 150 valence electrons. The number of hydrogen-bond acceptors (Lipinski definition) is 3. The van der Waals surface area contributed by atoms with Crippen LogP contribution >= 0.6 is 0 Å². The van der Waals surface area contributed by atoms with Crippen LogP contribution in [-0.2, 0) is 6.54 Å². The first kappa shape index (κ1) is 17.7. The van der Waals surface area contributed by atoms with E-state index in [0.717, 1.165) is 51.7 Å².